The molecule has 0 aliphatic heterocycles. The number of nitrogens with one attached hydrogen (secondary N) is 1. The molecule has 0 rings (SSSR count). The van der Waals surface area contributed by atoms with Gasteiger partial charge in [0.25, 0.3) is 0 Å². The highest BCUT2D eigenvalue weighted by Crippen LogP contribution is 1.87. The number of aliphatic carboxylic acids is 1. The van der Waals surface area contributed by atoms with Crippen molar-refractivity contribution in [3.8, 4) is 0 Å². The molecule has 1 atom stereocenters. The van der Waals surface area contributed by atoms with Crippen molar-refractivity contribution in [2.24, 2.45) is 0 Å². The van der Waals surface area contributed by atoms with Crippen LogP contribution >= 0.6 is 0 Å². The Bertz CT molecular complexity index is 180. The van der Waals surface area contributed by atoms with Crippen LogP contribution in [-0.4, -0.2) is 36.9 Å². The summed E-state index contributed by atoms with van der Waals surface area (Å²) in [7, 11) is 0. The normalized spacial score (nSPS) is 12.5. The molecule has 4 nitrogen and oxygen atoms in total. The summed E-state index contributed by atoms with van der Waals surface area (Å²) in [6.45, 7) is 8.73. The van der Waals surface area contributed by atoms with Crippen LogP contribution in [0.3, 0.4) is 0 Å². The van der Waals surface area contributed by atoms with Gasteiger partial charge in [0, 0.05) is 6.54 Å². The molecule has 0 saturated carbocycles. The Balaban J connectivity index is 3.26. The Morgan fingerprint density at radius 1 is 1.69 bits per heavy atom. The fourth-order valence-electron chi connectivity index (χ4n) is 0.681. The highest BCUT2D eigenvalue weighted by molar-refractivity contribution is 5.72. The summed E-state index contributed by atoms with van der Waals surface area (Å²) in [5.41, 5.74) is 0.964. The number of hydrogen-bond acceptors (Lipinski definition) is 3. The van der Waals surface area contributed by atoms with Crippen molar-refractivity contribution in [1.82, 2.24) is 5.32 Å². The van der Waals surface area contributed by atoms with Crippen LogP contribution in [0.5, 0.6) is 0 Å². The van der Waals surface area contributed by atoms with E-state index in [4.69, 9.17) is 9.84 Å². The maximum absolute atomic E-state index is 10.4. The van der Waals surface area contributed by atoms with Gasteiger partial charge in [-0.2, -0.15) is 0 Å². The smallest absolute Gasteiger partial charge is 0.320 e. The van der Waals surface area contributed by atoms with Crippen LogP contribution < -0.4 is 5.32 Å². The molecule has 0 aromatic rings. The third-order valence-electron chi connectivity index (χ3n) is 1.42. The van der Waals surface area contributed by atoms with Crippen molar-refractivity contribution in [3.63, 3.8) is 0 Å². The molecule has 0 bridgehead atoms. The van der Waals surface area contributed by atoms with Gasteiger partial charge in [0.1, 0.15) is 6.04 Å². The molecular formula is C9H17NO3. The average molecular weight is 187 g/mol. The second-order valence-electron chi connectivity index (χ2n) is 3.02. The summed E-state index contributed by atoms with van der Waals surface area (Å²) < 4.78 is 5.17. The first-order chi connectivity index (χ1) is 6.04. The first kappa shape index (κ1) is 12.1. The zero-order valence-electron chi connectivity index (χ0n) is 8.17. The van der Waals surface area contributed by atoms with E-state index in [9.17, 15) is 4.79 Å². The molecule has 1 unspecified atom stereocenters. The SMILES string of the molecule is C=C(C)COCCNC(C)C(=O)O. The van der Waals surface area contributed by atoms with Crippen LogP contribution in [0.2, 0.25) is 0 Å². The van der Waals surface area contributed by atoms with Gasteiger partial charge in [0.15, 0.2) is 0 Å². The third-order valence-corrected chi connectivity index (χ3v) is 1.42. The minimum atomic E-state index is -0.847. The number of carboxylic acids is 1. The van der Waals surface area contributed by atoms with Crippen LogP contribution in [0.4, 0.5) is 0 Å². The first-order valence-electron chi connectivity index (χ1n) is 4.22. The summed E-state index contributed by atoms with van der Waals surface area (Å²) in [6, 6.07) is -0.520. The predicted octanol–water partition coefficient (Wildman–Crippen LogP) is 0.642. The van der Waals surface area contributed by atoms with E-state index < -0.39 is 12.0 Å². The maximum atomic E-state index is 10.4. The Kier molecular flexibility index (Phi) is 6.18. The fourth-order valence-corrected chi connectivity index (χ4v) is 0.681. The minimum absolute atomic E-state index is 0.504. The van der Waals surface area contributed by atoms with Gasteiger partial charge in [0.05, 0.1) is 13.2 Å². The van der Waals surface area contributed by atoms with Gasteiger partial charge in [-0.25, -0.2) is 0 Å². The molecule has 0 radical (unpaired) electrons. The molecule has 0 aliphatic carbocycles. The molecule has 0 aromatic heterocycles. The Labute approximate surface area is 78.6 Å². The van der Waals surface area contributed by atoms with Gasteiger partial charge in [-0.3, -0.25) is 4.79 Å². The highest BCUT2D eigenvalue weighted by Gasteiger charge is 2.07. The fraction of sp³-hybridized carbons (Fsp3) is 0.667. The average Bonchev–Trinajstić information content (AvgIpc) is 2.02. The van der Waals surface area contributed by atoms with Crippen LogP contribution in [0, 0.1) is 0 Å². The van der Waals surface area contributed by atoms with Crippen molar-refractivity contribution in [2.45, 2.75) is 19.9 Å². The topological polar surface area (TPSA) is 58.6 Å². The molecule has 0 aromatic carbocycles. The molecule has 2 N–H and O–H groups in total. The molecule has 13 heavy (non-hydrogen) atoms. The van der Waals surface area contributed by atoms with E-state index in [0.717, 1.165) is 5.57 Å². The van der Waals surface area contributed by atoms with Crippen molar-refractivity contribution < 1.29 is 14.6 Å². The Hall–Kier alpha value is -0.870. The van der Waals surface area contributed by atoms with Crippen LogP contribution in [0.15, 0.2) is 12.2 Å². The third kappa shape index (κ3) is 7.49. The molecule has 0 amide bonds. The second kappa shape index (κ2) is 6.62. The molecule has 4 heteroatoms. The van der Waals surface area contributed by atoms with Crippen molar-refractivity contribution in [3.05, 3.63) is 12.2 Å². The Morgan fingerprint density at radius 3 is 2.77 bits per heavy atom. The van der Waals surface area contributed by atoms with Crippen molar-refractivity contribution >= 4 is 5.97 Å². The minimum Gasteiger partial charge on any atom is -0.480 e. The number of ether oxygens (including phenoxy) is 1. The van der Waals surface area contributed by atoms with Gasteiger partial charge >= 0.3 is 5.97 Å². The highest BCUT2D eigenvalue weighted by atomic mass is 16.5. The van der Waals surface area contributed by atoms with Gasteiger partial charge in [-0.05, 0) is 13.8 Å². The lowest BCUT2D eigenvalue weighted by atomic mass is 10.3. The molecule has 0 spiro atoms. The summed E-state index contributed by atoms with van der Waals surface area (Å²) >= 11 is 0. The van der Waals surface area contributed by atoms with E-state index in [-0.39, 0.29) is 0 Å². The van der Waals surface area contributed by atoms with Crippen LogP contribution in [0.1, 0.15) is 13.8 Å². The molecule has 76 valence electrons. The van der Waals surface area contributed by atoms with E-state index in [0.29, 0.717) is 19.8 Å². The zero-order chi connectivity index (χ0) is 10.3. The monoisotopic (exact) mass is 187 g/mol. The van der Waals surface area contributed by atoms with E-state index in [1.807, 2.05) is 6.92 Å². The van der Waals surface area contributed by atoms with E-state index in [1.165, 1.54) is 0 Å². The summed E-state index contributed by atoms with van der Waals surface area (Å²) in [4.78, 5) is 10.4. The Morgan fingerprint density at radius 2 is 2.31 bits per heavy atom. The second-order valence-corrected chi connectivity index (χ2v) is 3.02. The predicted molar refractivity (Wildman–Crippen MR) is 50.7 cm³/mol. The largest absolute Gasteiger partial charge is 0.480 e. The zero-order valence-corrected chi connectivity index (χ0v) is 8.17. The number of hydrogen-bond donors (Lipinski definition) is 2. The van der Waals surface area contributed by atoms with E-state index >= 15 is 0 Å². The maximum Gasteiger partial charge on any atom is 0.320 e. The summed E-state index contributed by atoms with van der Waals surface area (Å²) in [5, 5.41) is 11.3. The van der Waals surface area contributed by atoms with Crippen LogP contribution in [0.25, 0.3) is 0 Å². The van der Waals surface area contributed by atoms with Crippen molar-refractivity contribution in [2.75, 3.05) is 19.8 Å². The lowest BCUT2D eigenvalue weighted by Crippen LogP contribution is -2.35. The molecule has 0 heterocycles. The lowest BCUT2D eigenvalue weighted by molar-refractivity contribution is -0.139. The van der Waals surface area contributed by atoms with E-state index in [2.05, 4.69) is 11.9 Å². The lowest BCUT2D eigenvalue weighted by Gasteiger charge is -2.08. The molecular weight excluding hydrogens is 170 g/mol. The number of carbonyl (C=O) groups is 1. The quantitative estimate of drug-likeness (QED) is 0.453. The summed E-state index contributed by atoms with van der Waals surface area (Å²) in [5.74, 6) is -0.847. The van der Waals surface area contributed by atoms with Gasteiger partial charge < -0.3 is 15.2 Å². The van der Waals surface area contributed by atoms with Crippen LogP contribution in [-0.2, 0) is 9.53 Å². The van der Waals surface area contributed by atoms with E-state index in [1.54, 1.807) is 6.92 Å². The molecule has 0 saturated heterocycles. The number of carboxylic acid groups (broad SMARTS) is 1. The van der Waals surface area contributed by atoms with Gasteiger partial charge in [-0.15, -0.1) is 0 Å². The molecule has 0 fully saturated rings. The molecule has 0 aliphatic rings. The van der Waals surface area contributed by atoms with Gasteiger partial charge in [-0.1, -0.05) is 12.2 Å². The van der Waals surface area contributed by atoms with Crippen molar-refractivity contribution in [1.29, 1.82) is 0 Å². The first-order valence-corrected chi connectivity index (χ1v) is 4.22. The summed E-state index contributed by atoms with van der Waals surface area (Å²) in [6.07, 6.45) is 0. The number of rotatable bonds is 7. The van der Waals surface area contributed by atoms with Gasteiger partial charge in [0.2, 0.25) is 0 Å². The standard InChI is InChI=1S/C9H17NO3/c1-7(2)6-13-5-4-10-8(3)9(11)12/h8,10H,1,4-6H2,2-3H3,(H,11,12).